The van der Waals surface area contributed by atoms with E-state index in [1.54, 1.807) is 24.3 Å². The molecule has 1 amide bonds. The maximum Gasteiger partial charge on any atom is 0.240 e. The van der Waals surface area contributed by atoms with E-state index in [4.69, 9.17) is 4.42 Å². The van der Waals surface area contributed by atoms with Crippen molar-refractivity contribution in [2.75, 3.05) is 23.3 Å². The van der Waals surface area contributed by atoms with Gasteiger partial charge in [-0.3, -0.25) is 4.79 Å². The van der Waals surface area contributed by atoms with Crippen molar-refractivity contribution in [3.05, 3.63) is 65.9 Å². The molecule has 1 aromatic carbocycles. The zero-order valence-corrected chi connectivity index (χ0v) is 19.4. The fourth-order valence-corrected chi connectivity index (χ4v) is 4.81. The summed E-state index contributed by atoms with van der Waals surface area (Å²) < 4.78 is 32.5. The average Bonchev–Trinajstić information content (AvgIpc) is 3.31. The highest BCUT2D eigenvalue weighted by molar-refractivity contribution is 7.89. The molecule has 4 rings (SSSR count). The highest BCUT2D eigenvalue weighted by atomic mass is 32.2. The van der Waals surface area contributed by atoms with Crippen LogP contribution >= 0.6 is 0 Å². The molecule has 2 N–H and O–H groups in total. The molecule has 10 heteroatoms. The van der Waals surface area contributed by atoms with E-state index in [0.717, 1.165) is 11.4 Å². The minimum Gasteiger partial charge on any atom is -0.468 e. The van der Waals surface area contributed by atoms with Crippen molar-refractivity contribution >= 4 is 27.6 Å². The molecule has 33 heavy (non-hydrogen) atoms. The summed E-state index contributed by atoms with van der Waals surface area (Å²) >= 11 is 0. The maximum atomic E-state index is 12.7. The van der Waals surface area contributed by atoms with E-state index in [2.05, 4.69) is 24.9 Å². The van der Waals surface area contributed by atoms with Gasteiger partial charge >= 0.3 is 0 Å². The molecule has 0 unspecified atom stereocenters. The van der Waals surface area contributed by atoms with Crippen LogP contribution < -0.4 is 14.9 Å². The van der Waals surface area contributed by atoms with E-state index in [0.29, 0.717) is 43.3 Å². The van der Waals surface area contributed by atoms with Gasteiger partial charge in [0, 0.05) is 36.1 Å². The molecule has 0 aliphatic carbocycles. The van der Waals surface area contributed by atoms with Gasteiger partial charge in [0.25, 0.3) is 0 Å². The topological polar surface area (TPSA) is 117 Å². The Labute approximate surface area is 193 Å². The molecular formula is C23H27N5O4S. The van der Waals surface area contributed by atoms with Gasteiger partial charge in [-0.1, -0.05) is 0 Å². The summed E-state index contributed by atoms with van der Waals surface area (Å²) in [5.41, 5.74) is 2.42. The van der Waals surface area contributed by atoms with Crippen molar-refractivity contribution in [2.45, 2.75) is 38.1 Å². The number of amides is 1. The molecule has 0 atom stereocenters. The first kappa shape index (κ1) is 22.9. The number of nitrogens with zero attached hydrogens (tertiary/aromatic N) is 3. The molecule has 1 aliphatic rings. The largest absolute Gasteiger partial charge is 0.468 e. The lowest BCUT2D eigenvalue weighted by molar-refractivity contribution is -0.120. The summed E-state index contributed by atoms with van der Waals surface area (Å²) in [6.07, 6.45) is 2.89. The zero-order chi connectivity index (χ0) is 23.4. The number of aromatic nitrogens is 2. The first-order chi connectivity index (χ1) is 15.8. The Hall–Kier alpha value is -3.24. The Morgan fingerprint density at radius 2 is 1.76 bits per heavy atom. The van der Waals surface area contributed by atoms with Crippen LogP contribution in [0.5, 0.6) is 0 Å². The predicted molar refractivity (Wildman–Crippen MR) is 124 cm³/mol. The second-order valence-corrected chi connectivity index (χ2v) is 9.90. The second kappa shape index (κ2) is 9.72. The number of hydrogen-bond acceptors (Lipinski definition) is 7. The van der Waals surface area contributed by atoms with Crippen molar-refractivity contribution in [3.8, 4) is 0 Å². The molecule has 3 aromatic rings. The number of benzene rings is 1. The maximum absolute atomic E-state index is 12.7. The molecule has 1 aliphatic heterocycles. The first-order valence-corrected chi connectivity index (χ1v) is 12.3. The van der Waals surface area contributed by atoms with Crippen LogP contribution in [-0.4, -0.2) is 37.4 Å². The first-order valence-electron chi connectivity index (χ1n) is 10.8. The predicted octanol–water partition coefficient (Wildman–Crippen LogP) is 3.02. The number of piperidine rings is 1. The number of rotatable bonds is 7. The molecule has 0 radical (unpaired) electrons. The van der Waals surface area contributed by atoms with Gasteiger partial charge in [-0.25, -0.2) is 23.1 Å². The summed E-state index contributed by atoms with van der Waals surface area (Å²) in [6.45, 7) is 5.38. The number of nitrogens with one attached hydrogen (secondary N) is 2. The summed E-state index contributed by atoms with van der Waals surface area (Å²) in [5, 5.41) is 2.90. The Morgan fingerprint density at radius 3 is 2.36 bits per heavy atom. The van der Waals surface area contributed by atoms with E-state index in [9.17, 15) is 13.2 Å². The molecule has 3 heterocycles. The third-order valence-electron chi connectivity index (χ3n) is 5.57. The highest BCUT2D eigenvalue weighted by Gasteiger charge is 2.26. The number of anilines is 2. The lowest BCUT2D eigenvalue weighted by Crippen LogP contribution is -2.39. The van der Waals surface area contributed by atoms with Crippen LogP contribution in [0, 0.1) is 19.8 Å². The number of hydrogen-bond donors (Lipinski definition) is 2. The minimum absolute atomic E-state index is 0.0671. The quantitative estimate of drug-likeness (QED) is 0.546. The molecule has 0 spiro atoms. The lowest BCUT2D eigenvalue weighted by Gasteiger charge is -2.31. The van der Waals surface area contributed by atoms with Crippen molar-refractivity contribution in [2.24, 2.45) is 5.92 Å². The molecule has 9 nitrogen and oxygen atoms in total. The normalized spacial score (nSPS) is 14.9. The summed E-state index contributed by atoms with van der Waals surface area (Å²) in [6, 6.07) is 11.5. The van der Waals surface area contributed by atoms with Crippen molar-refractivity contribution in [1.29, 1.82) is 0 Å². The number of aryl methyl sites for hydroxylation is 2. The Balaban J connectivity index is 1.31. The van der Waals surface area contributed by atoms with Gasteiger partial charge < -0.3 is 14.6 Å². The number of furan rings is 1. The molecule has 0 bridgehead atoms. The fourth-order valence-electron chi connectivity index (χ4n) is 3.81. The van der Waals surface area contributed by atoms with Crippen LogP contribution in [0.3, 0.4) is 0 Å². The Kier molecular flexibility index (Phi) is 6.75. The highest BCUT2D eigenvalue weighted by Crippen LogP contribution is 2.23. The van der Waals surface area contributed by atoms with E-state index in [1.807, 2.05) is 19.9 Å². The number of sulfonamides is 1. The zero-order valence-electron chi connectivity index (χ0n) is 18.6. The van der Waals surface area contributed by atoms with Crippen molar-refractivity contribution in [3.63, 3.8) is 0 Å². The van der Waals surface area contributed by atoms with Gasteiger partial charge in [0.2, 0.25) is 21.9 Å². The standard InChI is InChI=1S/C23H27N5O4S/c1-16-14-17(2)26-23(25-16)28-11-9-18(10-12-28)22(29)27-19-5-7-21(8-6-19)33(30,31)24-15-20-4-3-13-32-20/h3-8,13-14,18,24H,9-12,15H2,1-2H3,(H,27,29). The van der Waals surface area contributed by atoms with Gasteiger partial charge in [-0.05, 0) is 69.2 Å². The van der Waals surface area contributed by atoms with E-state index in [1.165, 1.54) is 18.4 Å². The second-order valence-electron chi connectivity index (χ2n) is 8.13. The van der Waals surface area contributed by atoms with Crippen molar-refractivity contribution in [1.82, 2.24) is 14.7 Å². The smallest absolute Gasteiger partial charge is 0.240 e. The number of carbonyl (C=O) groups excluding carboxylic acids is 1. The van der Waals surface area contributed by atoms with Crippen LogP contribution in [0.15, 0.2) is 58.0 Å². The van der Waals surface area contributed by atoms with Crippen LogP contribution in [-0.2, 0) is 21.4 Å². The van der Waals surface area contributed by atoms with Gasteiger partial charge in [0.1, 0.15) is 5.76 Å². The van der Waals surface area contributed by atoms with Crippen LogP contribution in [0.1, 0.15) is 30.0 Å². The van der Waals surface area contributed by atoms with Gasteiger partial charge in [0.15, 0.2) is 0 Å². The third kappa shape index (κ3) is 5.77. The summed E-state index contributed by atoms with van der Waals surface area (Å²) in [4.78, 5) is 24.0. The lowest BCUT2D eigenvalue weighted by atomic mass is 9.96. The molecule has 174 valence electrons. The monoisotopic (exact) mass is 469 g/mol. The van der Waals surface area contributed by atoms with Crippen LogP contribution in [0.2, 0.25) is 0 Å². The van der Waals surface area contributed by atoms with E-state index in [-0.39, 0.29) is 23.3 Å². The van der Waals surface area contributed by atoms with Crippen LogP contribution in [0.4, 0.5) is 11.6 Å². The Bertz CT molecular complexity index is 1180. The van der Waals surface area contributed by atoms with E-state index >= 15 is 0 Å². The van der Waals surface area contributed by atoms with Crippen LogP contribution in [0.25, 0.3) is 0 Å². The summed E-state index contributed by atoms with van der Waals surface area (Å²) in [5.74, 6) is 1.05. The molecular weight excluding hydrogens is 442 g/mol. The van der Waals surface area contributed by atoms with Gasteiger partial charge in [-0.2, -0.15) is 0 Å². The molecule has 1 fully saturated rings. The minimum atomic E-state index is -3.68. The molecule has 1 saturated heterocycles. The third-order valence-corrected chi connectivity index (χ3v) is 6.98. The van der Waals surface area contributed by atoms with E-state index < -0.39 is 10.0 Å². The summed E-state index contributed by atoms with van der Waals surface area (Å²) in [7, 11) is -3.68. The fraction of sp³-hybridized carbons (Fsp3) is 0.348. The average molecular weight is 470 g/mol. The van der Waals surface area contributed by atoms with Crippen molar-refractivity contribution < 1.29 is 17.6 Å². The van der Waals surface area contributed by atoms with Gasteiger partial charge in [0.05, 0.1) is 17.7 Å². The molecule has 2 aromatic heterocycles. The molecule has 0 saturated carbocycles. The Morgan fingerprint density at radius 1 is 1.09 bits per heavy atom. The number of carbonyl (C=O) groups is 1. The van der Waals surface area contributed by atoms with Gasteiger partial charge in [-0.15, -0.1) is 0 Å². The SMILES string of the molecule is Cc1cc(C)nc(N2CCC(C(=O)Nc3ccc(S(=O)(=O)NCc4ccco4)cc3)CC2)n1.